The first-order valence-electron chi connectivity index (χ1n) is 6.74. The molecule has 1 heterocycles. The monoisotopic (exact) mass is 392 g/mol. The number of hydrogen-bond acceptors (Lipinski definition) is 2. The van der Waals surface area contributed by atoms with Crippen molar-refractivity contribution in [1.82, 2.24) is 4.98 Å². The molecule has 2 aromatic carbocycles. The zero-order chi connectivity index (χ0) is 18.4. The highest BCUT2D eigenvalue weighted by atomic mass is 35.5. The Morgan fingerprint density at radius 3 is 2.44 bits per heavy atom. The van der Waals surface area contributed by atoms with Crippen LogP contribution in [0.15, 0.2) is 47.5 Å². The molecule has 0 bridgehead atoms. The number of nitrogens with one attached hydrogen (secondary N) is 2. The normalized spacial score (nSPS) is 12.5. The van der Waals surface area contributed by atoms with Crippen LogP contribution in [-0.2, 0) is 16.2 Å². The number of halogens is 5. The Balaban J connectivity index is 1.99. The number of aromatic nitrogens is 1. The van der Waals surface area contributed by atoms with Crippen molar-refractivity contribution in [3.05, 3.63) is 59.0 Å². The number of hydrogen-bond donors (Lipinski definition) is 2. The first kappa shape index (κ1) is 17.6. The molecule has 0 fully saturated rings. The van der Waals surface area contributed by atoms with E-state index in [0.29, 0.717) is 22.0 Å². The highest BCUT2D eigenvalue weighted by Crippen LogP contribution is 2.32. The highest BCUT2D eigenvalue weighted by Gasteiger charge is 2.31. The van der Waals surface area contributed by atoms with Crippen LogP contribution in [0.5, 0.6) is 0 Å². The molecule has 4 nitrogen and oxygen atoms in total. The molecule has 25 heavy (non-hydrogen) atoms. The maximum absolute atomic E-state index is 13.9. The van der Waals surface area contributed by atoms with Crippen molar-refractivity contribution in [2.24, 2.45) is 0 Å². The lowest BCUT2D eigenvalue weighted by Crippen LogP contribution is -2.14. The Morgan fingerprint density at radius 1 is 1.08 bits per heavy atom. The number of rotatable bonds is 3. The predicted octanol–water partition coefficient (Wildman–Crippen LogP) is 4.78. The number of sulfonamides is 1. The fraction of sp³-hybridized carbons (Fsp3) is 0.0667. The number of anilines is 1. The van der Waals surface area contributed by atoms with Crippen molar-refractivity contribution in [3.63, 3.8) is 0 Å². The largest absolute Gasteiger partial charge is 0.416 e. The van der Waals surface area contributed by atoms with E-state index in [1.54, 1.807) is 0 Å². The van der Waals surface area contributed by atoms with Crippen LogP contribution in [0.2, 0.25) is 5.02 Å². The van der Waals surface area contributed by atoms with E-state index in [9.17, 15) is 26.0 Å². The summed E-state index contributed by atoms with van der Waals surface area (Å²) in [5, 5.41) is 0.698. The molecule has 0 aliphatic heterocycles. The minimum Gasteiger partial charge on any atom is -0.360 e. The smallest absolute Gasteiger partial charge is 0.360 e. The molecular weight excluding hydrogens is 384 g/mol. The Bertz CT molecular complexity index is 1060. The van der Waals surface area contributed by atoms with E-state index in [0.717, 1.165) is 6.07 Å². The summed E-state index contributed by atoms with van der Waals surface area (Å²) in [6, 6.07) is 6.00. The van der Waals surface area contributed by atoms with Gasteiger partial charge in [-0.15, -0.1) is 0 Å². The molecule has 2 N–H and O–H groups in total. The van der Waals surface area contributed by atoms with Crippen LogP contribution in [0.3, 0.4) is 0 Å². The maximum Gasteiger partial charge on any atom is 0.416 e. The second-order valence-electron chi connectivity index (χ2n) is 5.14. The van der Waals surface area contributed by atoms with Crippen molar-refractivity contribution in [3.8, 4) is 0 Å². The van der Waals surface area contributed by atoms with Gasteiger partial charge in [-0.1, -0.05) is 11.6 Å². The SMILES string of the molecule is O=S(=O)(Nc1ccc(C(F)(F)F)cc1F)c1c[nH]c2cc(Cl)ccc12. The average molecular weight is 393 g/mol. The summed E-state index contributed by atoms with van der Waals surface area (Å²) >= 11 is 5.82. The van der Waals surface area contributed by atoms with E-state index in [4.69, 9.17) is 11.6 Å². The minimum atomic E-state index is -4.73. The van der Waals surface area contributed by atoms with Gasteiger partial charge in [0.25, 0.3) is 10.0 Å². The van der Waals surface area contributed by atoms with Gasteiger partial charge in [0.2, 0.25) is 0 Å². The van der Waals surface area contributed by atoms with Gasteiger partial charge >= 0.3 is 6.18 Å². The highest BCUT2D eigenvalue weighted by molar-refractivity contribution is 7.93. The molecule has 0 atom stereocenters. The third-order valence-electron chi connectivity index (χ3n) is 3.44. The third kappa shape index (κ3) is 3.42. The van der Waals surface area contributed by atoms with Crippen LogP contribution in [0.25, 0.3) is 10.9 Å². The van der Waals surface area contributed by atoms with Crippen LogP contribution >= 0.6 is 11.6 Å². The number of H-pyrrole nitrogens is 1. The Kier molecular flexibility index (Phi) is 4.16. The van der Waals surface area contributed by atoms with Crippen LogP contribution in [0.1, 0.15) is 5.56 Å². The Hall–Kier alpha value is -2.26. The maximum atomic E-state index is 13.9. The van der Waals surface area contributed by atoms with Gasteiger partial charge < -0.3 is 4.98 Å². The number of aromatic amines is 1. The molecule has 0 saturated carbocycles. The summed E-state index contributed by atoms with van der Waals surface area (Å²) < 4.78 is 78.3. The average Bonchev–Trinajstić information content (AvgIpc) is 2.91. The molecule has 0 saturated heterocycles. The zero-order valence-corrected chi connectivity index (χ0v) is 13.7. The van der Waals surface area contributed by atoms with Crippen LogP contribution in [-0.4, -0.2) is 13.4 Å². The van der Waals surface area contributed by atoms with Gasteiger partial charge in [0.1, 0.15) is 10.7 Å². The molecule has 3 rings (SSSR count). The summed E-state index contributed by atoms with van der Waals surface area (Å²) in [6.45, 7) is 0. The van der Waals surface area contributed by atoms with Gasteiger partial charge in [0.05, 0.1) is 11.3 Å². The topological polar surface area (TPSA) is 62.0 Å². The number of alkyl halides is 3. The summed E-state index contributed by atoms with van der Waals surface area (Å²) in [4.78, 5) is 2.54. The quantitative estimate of drug-likeness (QED) is 0.630. The van der Waals surface area contributed by atoms with Crippen molar-refractivity contribution in [2.75, 3.05) is 4.72 Å². The lowest BCUT2D eigenvalue weighted by Gasteiger charge is -2.11. The first-order chi connectivity index (χ1) is 11.6. The van der Waals surface area contributed by atoms with E-state index in [1.165, 1.54) is 24.4 Å². The van der Waals surface area contributed by atoms with Gasteiger partial charge in [-0.25, -0.2) is 12.8 Å². The van der Waals surface area contributed by atoms with E-state index >= 15 is 0 Å². The molecule has 0 spiro atoms. The van der Waals surface area contributed by atoms with Gasteiger partial charge in [-0.2, -0.15) is 13.2 Å². The molecule has 0 radical (unpaired) electrons. The van der Waals surface area contributed by atoms with E-state index in [2.05, 4.69) is 4.98 Å². The Labute approximate surface area is 144 Å². The number of fused-ring (bicyclic) bond motifs is 1. The summed E-state index contributed by atoms with van der Waals surface area (Å²) in [7, 11) is -4.23. The van der Waals surface area contributed by atoms with Gasteiger partial charge in [0, 0.05) is 22.1 Å². The van der Waals surface area contributed by atoms with Crippen molar-refractivity contribution in [1.29, 1.82) is 0 Å². The lowest BCUT2D eigenvalue weighted by atomic mass is 10.2. The van der Waals surface area contributed by atoms with Gasteiger partial charge in [0.15, 0.2) is 0 Å². The van der Waals surface area contributed by atoms with Crippen molar-refractivity contribution in [2.45, 2.75) is 11.1 Å². The summed E-state index contributed by atoms with van der Waals surface area (Å²) in [6.07, 6.45) is -3.54. The molecule has 0 amide bonds. The minimum absolute atomic E-state index is 0.182. The first-order valence-corrected chi connectivity index (χ1v) is 8.60. The van der Waals surface area contributed by atoms with E-state index in [-0.39, 0.29) is 11.0 Å². The molecule has 3 aromatic rings. The van der Waals surface area contributed by atoms with E-state index in [1.807, 2.05) is 4.72 Å². The molecule has 0 aliphatic rings. The van der Waals surface area contributed by atoms with Gasteiger partial charge in [-0.3, -0.25) is 4.72 Å². The molecule has 10 heteroatoms. The van der Waals surface area contributed by atoms with Crippen molar-refractivity contribution >= 4 is 38.2 Å². The van der Waals surface area contributed by atoms with Gasteiger partial charge in [-0.05, 0) is 36.4 Å². The Morgan fingerprint density at radius 2 is 1.80 bits per heavy atom. The number of benzene rings is 2. The second-order valence-corrected chi connectivity index (χ2v) is 7.23. The molecule has 0 aliphatic carbocycles. The fourth-order valence-corrected chi connectivity index (χ4v) is 3.69. The molecular formula is C15H9ClF4N2O2S. The summed E-state index contributed by atoms with van der Waals surface area (Å²) in [5.74, 6) is -1.33. The molecule has 132 valence electrons. The second kappa shape index (κ2) is 5.92. The fourth-order valence-electron chi connectivity index (χ4n) is 2.27. The summed E-state index contributed by atoms with van der Waals surface area (Å²) in [5.41, 5.74) is -1.35. The standard InChI is InChI=1S/C15H9ClF4N2O2S/c16-9-2-3-10-13(6-9)21-7-14(10)25(23,24)22-12-4-1-8(5-11(12)17)15(18,19)20/h1-7,21-22H. The van der Waals surface area contributed by atoms with E-state index < -0.39 is 33.3 Å². The van der Waals surface area contributed by atoms with Crippen LogP contribution in [0, 0.1) is 5.82 Å². The molecule has 1 aromatic heterocycles. The molecule has 0 unspecified atom stereocenters. The van der Waals surface area contributed by atoms with Crippen molar-refractivity contribution < 1.29 is 26.0 Å². The zero-order valence-electron chi connectivity index (χ0n) is 12.2. The van der Waals surface area contributed by atoms with Crippen LogP contribution in [0.4, 0.5) is 23.2 Å². The van der Waals surface area contributed by atoms with Crippen LogP contribution < -0.4 is 4.72 Å². The predicted molar refractivity (Wildman–Crippen MR) is 85.5 cm³/mol. The lowest BCUT2D eigenvalue weighted by molar-refractivity contribution is -0.137. The third-order valence-corrected chi connectivity index (χ3v) is 5.08.